The zero-order valence-electron chi connectivity index (χ0n) is 21.0. The van der Waals surface area contributed by atoms with E-state index >= 15 is 0 Å². The van der Waals surface area contributed by atoms with E-state index in [0.717, 1.165) is 7.11 Å². The topological polar surface area (TPSA) is 153 Å². The molecule has 10 nitrogen and oxygen atoms in total. The molecule has 198 valence electrons. The molecular weight excluding hydrogens is 484 g/mol. The van der Waals surface area contributed by atoms with E-state index in [9.17, 15) is 29.7 Å². The van der Waals surface area contributed by atoms with Gasteiger partial charge in [-0.05, 0) is 30.9 Å². The molecule has 2 bridgehead atoms. The second-order valence-electron chi connectivity index (χ2n) is 12.6. The van der Waals surface area contributed by atoms with Gasteiger partial charge in [-0.15, -0.1) is 0 Å². The van der Waals surface area contributed by atoms with Crippen LogP contribution in [0.25, 0.3) is 0 Å². The third kappa shape index (κ3) is 2.01. The summed E-state index contributed by atoms with van der Waals surface area (Å²) in [6.07, 6.45) is 2.86. The predicted molar refractivity (Wildman–Crippen MR) is 121 cm³/mol. The van der Waals surface area contributed by atoms with Crippen molar-refractivity contribution in [2.75, 3.05) is 7.11 Å². The zero-order chi connectivity index (χ0) is 26.6. The van der Waals surface area contributed by atoms with Crippen molar-refractivity contribution >= 4 is 17.9 Å². The Kier molecular flexibility index (Phi) is 3.99. The number of hydrogen-bond donors (Lipinski definition) is 3. The average Bonchev–Trinajstić information content (AvgIpc) is 3.55. The smallest absolute Gasteiger partial charge is 0.340 e. The number of methoxy groups -OCH3 is 1. The van der Waals surface area contributed by atoms with Crippen molar-refractivity contribution in [3.05, 3.63) is 35.8 Å². The summed E-state index contributed by atoms with van der Waals surface area (Å²) in [5, 5.41) is 36.0. The highest BCUT2D eigenvalue weighted by Gasteiger charge is 2.99. The minimum absolute atomic E-state index is 0.0106. The maximum atomic E-state index is 13.7. The molecule has 0 radical (unpaired) electrons. The van der Waals surface area contributed by atoms with Gasteiger partial charge in [0.2, 0.25) is 0 Å². The normalized spacial score (nSPS) is 53.2. The molecule has 4 aliphatic carbocycles. The van der Waals surface area contributed by atoms with Crippen molar-refractivity contribution in [2.45, 2.75) is 69.0 Å². The number of hydrogen-bond acceptors (Lipinski definition) is 10. The summed E-state index contributed by atoms with van der Waals surface area (Å²) in [7, 11) is 1.16. The maximum Gasteiger partial charge on any atom is 0.340 e. The second kappa shape index (κ2) is 6.30. The second-order valence-corrected chi connectivity index (χ2v) is 12.6. The van der Waals surface area contributed by atoms with Crippen molar-refractivity contribution < 1.29 is 48.3 Å². The number of aliphatic hydroxyl groups excluding tert-OH is 1. The number of cyclic esters (lactones) is 1. The molecule has 1 aromatic heterocycles. The number of esters is 3. The Labute approximate surface area is 212 Å². The quantitative estimate of drug-likeness (QED) is 0.396. The van der Waals surface area contributed by atoms with E-state index in [4.69, 9.17) is 18.6 Å². The van der Waals surface area contributed by atoms with Gasteiger partial charge in [0.05, 0.1) is 31.2 Å². The van der Waals surface area contributed by atoms with Crippen LogP contribution in [0.1, 0.15) is 51.7 Å². The van der Waals surface area contributed by atoms with Crippen molar-refractivity contribution in [3.63, 3.8) is 0 Å². The summed E-state index contributed by atoms with van der Waals surface area (Å²) in [5.41, 5.74) is -7.58. The van der Waals surface area contributed by atoms with Crippen LogP contribution in [0.15, 0.2) is 34.7 Å². The summed E-state index contributed by atoms with van der Waals surface area (Å²) in [4.78, 5) is 39.4. The molecule has 4 saturated carbocycles. The molecule has 1 saturated heterocycles. The van der Waals surface area contributed by atoms with E-state index in [0.29, 0.717) is 24.0 Å². The van der Waals surface area contributed by atoms with Gasteiger partial charge in [0.1, 0.15) is 11.7 Å². The van der Waals surface area contributed by atoms with Crippen LogP contribution in [0.3, 0.4) is 0 Å². The van der Waals surface area contributed by atoms with E-state index in [1.165, 1.54) is 18.6 Å². The van der Waals surface area contributed by atoms with Gasteiger partial charge in [0, 0.05) is 39.7 Å². The lowest BCUT2D eigenvalue weighted by Crippen LogP contribution is -2.65. The fraction of sp³-hybridized carbons (Fsp3) is 0.667. The highest BCUT2D eigenvalue weighted by molar-refractivity contribution is 5.91. The molecule has 6 aliphatic rings. The number of ether oxygens (including phenoxy) is 3. The zero-order valence-corrected chi connectivity index (χ0v) is 21.0. The van der Waals surface area contributed by atoms with Crippen LogP contribution in [0.5, 0.6) is 0 Å². The lowest BCUT2D eigenvalue weighted by molar-refractivity contribution is -0.219. The van der Waals surface area contributed by atoms with E-state index in [1.54, 1.807) is 13.0 Å². The number of rotatable bonds is 3. The van der Waals surface area contributed by atoms with Gasteiger partial charge in [-0.1, -0.05) is 20.8 Å². The Morgan fingerprint density at radius 1 is 1.22 bits per heavy atom. The van der Waals surface area contributed by atoms with Crippen LogP contribution < -0.4 is 0 Å². The highest BCUT2D eigenvalue weighted by atomic mass is 16.6. The van der Waals surface area contributed by atoms with Crippen LogP contribution in [-0.2, 0) is 28.6 Å². The van der Waals surface area contributed by atoms with Crippen LogP contribution >= 0.6 is 0 Å². The summed E-state index contributed by atoms with van der Waals surface area (Å²) in [5.74, 6) is -5.10. The Morgan fingerprint density at radius 3 is 2.59 bits per heavy atom. The van der Waals surface area contributed by atoms with Crippen LogP contribution in [0.4, 0.5) is 0 Å². The molecule has 3 N–H and O–H groups in total. The molecule has 11 unspecified atom stereocenters. The predicted octanol–water partition coefficient (Wildman–Crippen LogP) is 1.19. The Hall–Kier alpha value is -2.69. The van der Waals surface area contributed by atoms with Gasteiger partial charge < -0.3 is 33.9 Å². The SMILES string of the molecule is COC(=O)C(O)C1C2(C)CC3(O)C4C5(OC(=O)C42O)C2=CC(=O)OC(c4ccoc4)C2(C)CCC5C13C. The van der Waals surface area contributed by atoms with Crippen molar-refractivity contribution in [1.29, 1.82) is 0 Å². The minimum Gasteiger partial charge on any atom is -0.472 e. The monoisotopic (exact) mass is 514 g/mol. The number of carbonyl (C=O) groups is 3. The fourth-order valence-electron chi connectivity index (χ4n) is 10.5. The summed E-state index contributed by atoms with van der Waals surface area (Å²) in [6, 6.07) is 1.72. The number of furan rings is 1. The lowest BCUT2D eigenvalue weighted by Gasteiger charge is -2.56. The highest BCUT2D eigenvalue weighted by Crippen LogP contribution is 2.89. The van der Waals surface area contributed by atoms with Gasteiger partial charge in [0.15, 0.2) is 11.7 Å². The van der Waals surface area contributed by atoms with E-state index in [2.05, 4.69) is 0 Å². The Bertz CT molecular complexity index is 1300. The van der Waals surface area contributed by atoms with Crippen molar-refractivity contribution in [3.8, 4) is 0 Å². The van der Waals surface area contributed by atoms with E-state index in [-0.39, 0.29) is 6.42 Å². The molecule has 37 heavy (non-hydrogen) atoms. The molecule has 5 fully saturated rings. The third-order valence-corrected chi connectivity index (χ3v) is 11.6. The first kappa shape index (κ1) is 23.4. The third-order valence-electron chi connectivity index (χ3n) is 11.6. The molecule has 0 aromatic carbocycles. The Morgan fingerprint density at radius 2 is 1.95 bits per heavy atom. The summed E-state index contributed by atoms with van der Waals surface area (Å²) in [6.45, 7) is 5.38. The Balaban J connectivity index is 1.50. The lowest BCUT2D eigenvalue weighted by atomic mass is 9.51. The van der Waals surface area contributed by atoms with Gasteiger partial charge in [-0.3, -0.25) is 0 Å². The molecule has 2 aliphatic heterocycles. The van der Waals surface area contributed by atoms with E-state index < -0.39 is 80.9 Å². The first-order chi connectivity index (χ1) is 17.3. The maximum absolute atomic E-state index is 13.7. The van der Waals surface area contributed by atoms with Crippen LogP contribution in [-0.4, -0.2) is 63.2 Å². The average molecular weight is 515 g/mol. The first-order valence-electron chi connectivity index (χ1n) is 12.7. The van der Waals surface area contributed by atoms with Gasteiger partial charge in [-0.25, -0.2) is 14.4 Å². The summed E-state index contributed by atoms with van der Waals surface area (Å²) >= 11 is 0. The number of aliphatic hydroxyl groups is 3. The standard InChI is InChI=1S/C27H30O10/c1-22-7-5-13-24(3)17(16(29)19(30)34-4)23(2)11-25(24,32)20-26(13,37-21(31)27(20,23)33)14(22)9-15(28)36-18(22)12-6-8-35-10-12/h6,8-10,13,16-18,20,29,32-33H,5,7,11H2,1-4H3. The molecule has 1 spiro atoms. The minimum atomic E-state index is -2.19. The number of fused-ring (bicyclic) bond motifs is 4. The van der Waals surface area contributed by atoms with Crippen molar-refractivity contribution in [2.24, 2.45) is 34.0 Å². The van der Waals surface area contributed by atoms with Crippen LogP contribution in [0, 0.1) is 34.0 Å². The van der Waals surface area contributed by atoms with Crippen LogP contribution in [0.2, 0.25) is 0 Å². The molecule has 1 aromatic rings. The first-order valence-corrected chi connectivity index (χ1v) is 12.7. The van der Waals surface area contributed by atoms with Crippen molar-refractivity contribution in [1.82, 2.24) is 0 Å². The molecular formula is C27H30O10. The molecule has 7 rings (SSSR count). The van der Waals surface area contributed by atoms with Gasteiger partial charge in [-0.2, -0.15) is 0 Å². The van der Waals surface area contributed by atoms with E-state index in [1.807, 2.05) is 13.8 Å². The van der Waals surface area contributed by atoms with Gasteiger partial charge in [0.25, 0.3) is 0 Å². The molecule has 10 heteroatoms. The molecule has 11 atom stereocenters. The summed E-state index contributed by atoms with van der Waals surface area (Å²) < 4.78 is 22.1. The molecule has 0 amide bonds. The van der Waals surface area contributed by atoms with Gasteiger partial charge >= 0.3 is 17.9 Å². The fourth-order valence-corrected chi connectivity index (χ4v) is 10.5. The molecule has 3 heterocycles. The number of carbonyl (C=O) groups excluding carboxylic acids is 3. The largest absolute Gasteiger partial charge is 0.472 e.